The molecule has 40 heavy (non-hydrogen) atoms. The van der Waals surface area contributed by atoms with Gasteiger partial charge in [0.1, 0.15) is 6.07 Å². The second-order valence-electron chi connectivity index (χ2n) is 11.3. The van der Waals surface area contributed by atoms with Gasteiger partial charge < -0.3 is 32.8 Å². The molecular weight excluding hydrogens is 530 g/mol. The third kappa shape index (κ3) is 5.20. The van der Waals surface area contributed by atoms with Gasteiger partial charge in [-0.15, -0.1) is 0 Å². The van der Waals surface area contributed by atoms with Gasteiger partial charge in [-0.05, 0) is 41.9 Å². The van der Waals surface area contributed by atoms with Crippen LogP contribution < -0.4 is 23.7 Å². The molecule has 2 aromatic rings. The number of methoxy groups -OCH3 is 6. The van der Waals surface area contributed by atoms with Gasteiger partial charge in [0.25, 0.3) is 0 Å². The Kier molecular flexibility index (Phi) is 9.01. The Hall–Kier alpha value is -3.42. The summed E-state index contributed by atoms with van der Waals surface area (Å²) in [5, 5.41) is 10.7. The van der Waals surface area contributed by atoms with E-state index in [1.54, 1.807) is 26.4 Å². The molecule has 0 N–H and O–H groups in total. The highest BCUT2D eigenvalue weighted by Crippen LogP contribution is 2.59. The molecule has 10 heteroatoms. The first kappa shape index (κ1) is 31.1. The summed E-state index contributed by atoms with van der Waals surface area (Å²) in [6, 6.07) is 9.73. The molecule has 0 fully saturated rings. The van der Waals surface area contributed by atoms with Crippen LogP contribution in [0.3, 0.4) is 0 Å². The standard InChI is InChI=1S/C30H41NO8Si/c1-29(2,3)40(10,11)39-30(17-31)16-19(28(32)38-9)24(18-12-13-21(33-4)22(14-18)34-5)25-20(30)15-23(35-6)26(36-7)27(25)37-8/h12-15,19,24H,16H2,1-11H3/t19-,24+,30?/m1/s1. The molecule has 3 atom stereocenters. The molecule has 0 saturated heterocycles. The van der Waals surface area contributed by atoms with Crippen LogP contribution in [0.2, 0.25) is 18.1 Å². The molecule has 2 aromatic carbocycles. The van der Waals surface area contributed by atoms with Crippen LogP contribution in [0, 0.1) is 17.2 Å². The van der Waals surface area contributed by atoms with Crippen molar-refractivity contribution < 1.29 is 37.6 Å². The van der Waals surface area contributed by atoms with E-state index in [9.17, 15) is 10.1 Å². The fourth-order valence-corrected chi connectivity index (χ4v) is 6.61. The predicted octanol–water partition coefficient (Wildman–Crippen LogP) is 5.80. The molecule has 0 amide bonds. The monoisotopic (exact) mass is 571 g/mol. The van der Waals surface area contributed by atoms with Crippen molar-refractivity contribution in [2.75, 3.05) is 42.7 Å². The van der Waals surface area contributed by atoms with Crippen molar-refractivity contribution in [2.45, 2.75) is 56.8 Å². The van der Waals surface area contributed by atoms with Crippen LogP contribution in [0.5, 0.6) is 28.7 Å². The molecule has 1 aliphatic rings. The van der Waals surface area contributed by atoms with E-state index in [2.05, 4.69) is 39.9 Å². The van der Waals surface area contributed by atoms with Gasteiger partial charge in [0.15, 0.2) is 36.9 Å². The summed E-state index contributed by atoms with van der Waals surface area (Å²) in [6.45, 7) is 10.5. The zero-order valence-corrected chi connectivity index (χ0v) is 26.4. The molecule has 0 bridgehead atoms. The van der Waals surface area contributed by atoms with Crippen molar-refractivity contribution in [2.24, 2.45) is 5.92 Å². The van der Waals surface area contributed by atoms with E-state index < -0.39 is 31.7 Å². The van der Waals surface area contributed by atoms with Crippen molar-refractivity contribution in [3.05, 3.63) is 41.0 Å². The first-order chi connectivity index (χ1) is 18.8. The lowest BCUT2D eigenvalue weighted by Crippen LogP contribution is -2.51. The number of carbonyl (C=O) groups excluding carboxylic acids is 1. The zero-order chi connectivity index (χ0) is 30.0. The lowest BCUT2D eigenvalue weighted by atomic mass is 9.65. The Morgan fingerprint density at radius 2 is 1.50 bits per heavy atom. The highest BCUT2D eigenvalue weighted by Gasteiger charge is 2.55. The number of esters is 1. The van der Waals surface area contributed by atoms with Gasteiger partial charge in [-0.3, -0.25) is 4.79 Å². The van der Waals surface area contributed by atoms with E-state index in [0.29, 0.717) is 39.9 Å². The van der Waals surface area contributed by atoms with Gasteiger partial charge in [-0.25, -0.2) is 0 Å². The topological polar surface area (TPSA) is 105 Å². The van der Waals surface area contributed by atoms with E-state index in [1.807, 2.05) is 12.1 Å². The van der Waals surface area contributed by atoms with Crippen LogP contribution in [0.25, 0.3) is 0 Å². The quantitative estimate of drug-likeness (QED) is 0.273. The molecule has 0 aliphatic heterocycles. The number of nitrogens with zero attached hydrogens (tertiary/aromatic N) is 1. The SMILES string of the molecule is COC(=O)[C@@H]1CC(C#N)(O[Si](C)(C)C(C)(C)C)c2cc(OC)c(OC)c(OC)c2[C@H]1c1ccc(OC)c(OC)c1. The lowest BCUT2D eigenvalue weighted by molar-refractivity contribution is -0.148. The molecule has 0 aromatic heterocycles. The molecule has 0 heterocycles. The Labute approximate surface area is 238 Å². The fourth-order valence-electron chi connectivity index (χ4n) is 5.19. The minimum atomic E-state index is -2.56. The second-order valence-corrected chi connectivity index (χ2v) is 16.1. The van der Waals surface area contributed by atoms with E-state index in [0.717, 1.165) is 5.56 Å². The molecule has 0 spiro atoms. The summed E-state index contributed by atoms with van der Waals surface area (Å²) in [5.41, 5.74) is 0.416. The molecule has 9 nitrogen and oxygen atoms in total. The van der Waals surface area contributed by atoms with Crippen LogP contribution in [0.15, 0.2) is 24.3 Å². The summed E-state index contributed by atoms with van der Waals surface area (Å²) >= 11 is 0. The molecule has 3 rings (SSSR count). The first-order valence-electron chi connectivity index (χ1n) is 13.0. The van der Waals surface area contributed by atoms with Gasteiger partial charge in [-0.2, -0.15) is 5.26 Å². The summed E-state index contributed by atoms with van der Waals surface area (Å²) in [7, 11) is 6.46. The van der Waals surface area contributed by atoms with Crippen molar-refractivity contribution in [1.82, 2.24) is 0 Å². The first-order valence-corrected chi connectivity index (χ1v) is 15.9. The smallest absolute Gasteiger partial charge is 0.309 e. The Morgan fingerprint density at radius 3 is 1.98 bits per heavy atom. The molecule has 218 valence electrons. The highest BCUT2D eigenvalue weighted by molar-refractivity contribution is 6.74. The van der Waals surface area contributed by atoms with Gasteiger partial charge >= 0.3 is 5.97 Å². The maximum atomic E-state index is 13.6. The normalized spacial score (nSPS) is 20.6. The van der Waals surface area contributed by atoms with Crippen molar-refractivity contribution >= 4 is 14.3 Å². The van der Waals surface area contributed by atoms with Gasteiger partial charge in [0.05, 0.1) is 48.6 Å². The third-order valence-electron chi connectivity index (χ3n) is 8.21. The third-order valence-corrected chi connectivity index (χ3v) is 12.7. The Bertz CT molecular complexity index is 1300. The largest absolute Gasteiger partial charge is 0.493 e. The van der Waals surface area contributed by atoms with E-state index in [4.69, 9.17) is 32.8 Å². The zero-order valence-electron chi connectivity index (χ0n) is 25.4. The summed E-state index contributed by atoms with van der Waals surface area (Å²) in [4.78, 5) is 13.6. The van der Waals surface area contributed by atoms with Gasteiger partial charge in [0.2, 0.25) is 5.75 Å². The maximum absolute atomic E-state index is 13.6. The number of nitriles is 1. The molecular formula is C30H41NO8Si. The van der Waals surface area contributed by atoms with Crippen LogP contribution in [0.1, 0.15) is 49.8 Å². The minimum Gasteiger partial charge on any atom is -0.493 e. The number of hydrogen-bond donors (Lipinski definition) is 0. The number of fused-ring (bicyclic) bond motifs is 1. The Balaban J connectivity index is 2.52. The highest BCUT2D eigenvalue weighted by atomic mass is 28.4. The number of benzene rings is 2. The van der Waals surface area contributed by atoms with Gasteiger partial charge in [0, 0.05) is 23.5 Å². The van der Waals surface area contributed by atoms with Crippen LogP contribution in [-0.2, 0) is 19.6 Å². The number of ether oxygens (including phenoxy) is 6. The van der Waals surface area contributed by atoms with Gasteiger partial charge in [-0.1, -0.05) is 26.8 Å². The maximum Gasteiger partial charge on any atom is 0.309 e. The predicted molar refractivity (Wildman–Crippen MR) is 153 cm³/mol. The number of carbonyl (C=O) groups is 1. The molecule has 1 unspecified atom stereocenters. The summed E-state index contributed by atoms with van der Waals surface area (Å²) in [5.74, 6) is 0.263. The van der Waals surface area contributed by atoms with Crippen molar-refractivity contribution in [1.29, 1.82) is 5.26 Å². The summed E-state index contributed by atoms with van der Waals surface area (Å²) < 4.78 is 40.7. The Morgan fingerprint density at radius 1 is 0.900 bits per heavy atom. The molecule has 0 radical (unpaired) electrons. The van der Waals surface area contributed by atoms with Crippen LogP contribution in [0.4, 0.5) is 0 Å². The fraction of sp³-hybridized carbons (Fsp3) is 0.533. The molecule has 1 aliphatic carbocycles. The lowest BCUT2D eigenvalue weighted by Gasteiger charge is -2.48. The molecule has 0 saturated carbocycles. The average molecular weight is 572 g/mol. The van der Waals surface area contributed by atoms with Crippen molar-refractivity contribution in [3.63, 3.8) is 0 Å². The average Bonchev–Trinajstić information content (AvgIpc) is 2.94. The van der Waals surface area contributed by atoms with E-state index in [1.165, 1.54) is 28.4 Å². The van der Waals surface area contributed by atoms with Crippen LogP contribution in [-0.4, -0.2) is 56.9 Å². The number of rotatable bonds is 9. The van der Waals surface area contributed by atoms with Crippen molar-refractivity contribution in [3.8, 4) is 34.8 Å². The van der Waals surface area contributed by atoms with Crippen LogP contribution >= 0.6 is 0 Å². The summed E-state index contributed by atoms with van der Waals surface area (Å²) in [6.07, 6.45) is 0.0628. The van der Waals surface area contributed by atoms with E-state index in [-0.39, 0.29) is 11.5 Å². The number of hydrogen-bond acceptors (Lipinski definition) is 9. The van der Waals surface area contributed by atoms with E-state index >= 15 is 0 Å². The minimum absolute atomic E-state index is 0.0628. The second kappa shape index (κ2) is 11.6.